The standard InChI is InChI=1S/C27H20NO2P/c29-25-23-18-10-11-19-24(23)28-27(30)26(25)31(20-12-4-1-5-13-20,21-14-6-2-7-15-21)22-16-8-3-9-17-22/h1-19H,(H,28,30). The number of ketones is 1. The largest absolute Gasteiger partial charge is 0.321 e. The van der Waals surface area contributed by atoms with E-state index in [2.05, 4.69) is 5.32 Å². The summed E-state index contributed by atoms with van der Waals surface area (Å²) in [4.78, 5) is 27.5. The summed E-state index contributed by atoms with van der Waals surface area (Å²) in [5.74, 6) is -0.530. The number of fused-ring (bicyclic) bond motifs is 1. The fourth-order valence-electron chi connectivity index (χ4n) is 4.30. The summed E-state index contributed by atoms with van der Waals surface area (Å²) < 4.78 is 0. The molecule has 4 heteroatoms. The molecule has 4 aromatic rings. The third-order valence-electron chi connectivity index (χ3n) is 5.62. The maximum absolute atomic E-state index is 13.9. The van der Waals surface area contributed by atoms with Crippen LogP contribution in [0.1, 0.15) is 10.4 Å². The second-order valence-corrected chi connectivity index (χ2v) is 10.7. The van der Waals surface area contributed by atoms with Gasteiger partial charge in [-0.15, -0.1) is 0 Å². The Morgan fingerprint density at radius 3 is 1.42 bits per heavy atom. The van der Waals surface area contributed by atoms with Gasteiger partial charge in [-0.05, 0) is 34.9 Å². The maximum atomic E-state index is 13.9. The number of rotatable bonds is 3. The molecular formula is C27H20NO2P. The van der Waals surface area contributed by atoms with Gasteiger partial charge >= 0.3 is 0 Å². The van der Waals surface area contributed by atoms with Crippen LogP contribution in [0.25, 0.3) is 0 Å². The molecule has 0 bridgehead atoms. The highest BCUT2D eigenvalue weighted by molar-refractivity contribution is 7.97. The predicted molar refractivity (Wildman–Crippen MR) is 130 cm³/mol. The molecule has 4 aromatic carbocycles. The summed E-state index contributed by atoms with van der Waals surface area (Å²) in [6.45, 7) is -2.74. The molecule has 0 fully saturated rings. The summed E-state index contributed by atoms with van der Waals surface area (Å²) in [6, 6.07) is 37.1. The number of para-hydroxylation sites is 1. The first-order valence-corrected chi connectivity index (χ1v) is 11.9. The van der Waals surface area contributed by atoms with E-state index in [1.54, 1.807) is 12.1 Å². The Kier molecular flexibility index (Phi) is 4.89. The van der Waals surface area contributed by atoms with E-state index in [1.807, 2.05) is 103 Å². The molecule has 1 aliphatic heterocycles. The highest BCUT2D eigenvalue weighted by Gasteiger charge is 2.40. The number of carbonyl (C=O) groups excluding carboxylic acids is 2. The zero-order chi connectivity index (χ0) is 21.3. The van der Waals surface area contributed by atoms with E-state index in [9.17, 15) is 9.59 Å². The molecule has 0 spiro atoms. The third kappa shape index (κ3) is 3.06. The van der Waals surface area contributed by atoms with Crippen molar-refractivity contribution in [3.05, 3.63) is 121 Å². The lowest BCUT2D eigenvalue weighted by molar-refractivity contribution is -0.110. The molecule has 1 N–H and O–H groups in total. The van der Waals surface area contributed by atoms with Gasteiger partial charge in [0.2, 0.25) is 5.78 Å². The first kappa shape index (κ1) is 19.3. The first-order valence-electron chi connectivity index (χ1n) is 10.1. The fraction of sp³-hybridized carbons (Fsp3) is 0. The number of nitrogens with one attached hydrogen (secondary N) is 1. The van der Waals surface area contributed by atoms with E-state index < -0.39 is 6.89 Å². The molecule has 31 heavy (non-hydrogen) atoms. The van der Waals surface area contributed by atoms with Gasteiger partial charge in [0.25, 0.3) is 5.91 Å². The van der Waals surface area contributed by atoms with E-state index >= 15 is 0 Å². The summed E-state index contributed by atoms with van der Waals surface area (Å²) >= 11 is 0. The van der Waals surface area contributed by atoms with E-state index in [4.69, 9.17) is 0 Å². The molecule has 0 aliphatic carbocycles. The SMILES string of the molecule is O=C1Nc2ccccc2C(=O)C1=P(c1ccccc1)(c1ccccc1)c1ccccc1. The van der Waals surface area contributed by atoms with Crippen molar-refractivity contribution in [2.45, 2.75) is 0 Å². The maximum Gasteiger partial charge on any atom is 0.260 e. The predicted octanol–water partition coefficient (Wildman–Crippen LogP) is 3.99. The smallest absolute Gasteiger partial charge is 0.260 e. The Labute approximate surface area is 181 Å². The van der Waals surface area contributed by atoms with Crippen LogP contribution in [0.4, 0.5) is 5.69 Å². The number of Topliss-reactive ketones (excluding diaryl/α,β-unsaturated/α-hetero) is 1. The molecule has 0 radical (unpaired) electrons. The number of carbonyl (C=O) groups is 2. The van der Waals surface area contributed by atoms with Crippen molar-refractivity contribution in [3.63, 3.8) is 0 Å². The fourth-order valence-corrected chi connectivity index (χ4v) is 8.61. The van der Waals surface area contributed by atoms with Gasteiger partial charge in [0.15, 0.2) is 0 Å². The Hall–Kier alpha value is -3.68. The number of anilines is 1. The van der Waals surface area contributed by atoms with Crippen LogP contribution < -0.4 is 21.2 Å². The highest BCUT2D eigenvalue weighted by atomic mass is 31.2. The van der Waals surface area contributed by atoms with Crippen molar-refractivity contribution in [2.75, 3.05) is 5.32 Å². The average molecular weight is 421 g/mol. The van der Waals surface area contributed by atoms with Crippen LogP contribution in [0.2, 0.25) is 0 Å². The van der Waals surface area contributed by atoms with Crippen LogP contribution in [0.15, 0.2) is 115 Å². The van der Waals surface area contributed by atoms with Crippen LogP contribution in [-0.4, -0.2) is 17.0 Å². The lowest BCUT2D eigenvalue weighted by atomic mass is 10.0. The lowest BCUT2D eigenvalue weighted by Crippen LogP contribution is -2.42. The molecule has 0 unspecified atom stereocenters. The third-order valence-corrected chi connectivity index (χ3v) is 9.91. The minimum absolute atomic E-state index is 0.204. The van der Waals surface area contributed by atoms with E-state index in [1.165, 1.54) is 0 Å². The molecule has 0 aromatic heterocycles. The summed E-state index contributed by atoms with van der Waals surface area (Å²) in [5.41, 5.74) is 1.10. The van der Waals surface area contributed by atoms with E-state index in [0.29, 0.717) is 16.5 Å². The normalized spacial score (nSPS) is 13.5. The van der Waals surface area contributed by atoms with Crippen molar-refractivity contribution in [1.82, 2.24) is 0 Å². The monoisotopic (exact) mass is 421 g/mol. The molecule has 0 atom stereocenters. The Bertz CT molecular complexity index is 1230. The first-order chi connectivity index (χ1) is 15.2. The topological polar surface area (TPSA) is 46.2 Å². The van der Waals surface area contributed by atoms with Crippen molar-refractivity contribution in [2.24, 2.45) is 0 Å². The van der Waals surface area contributed by atoms with Crippen LogP contribution in [-0.2, 0) is 4.79 Å². The van der Waals surface area contributed by atoms with Gasteiger partial charge in [0.05, 0.1) is 11.0 Å². The van der Waals surface area contributed by atoms with E-state index in [0.717, 1.165) is 15.9 Å². The van der Waals surface area contributed by atoms with Gasteiger partial charge in [-0.2, -0.15) is 0 Å². The number of benzene rings is 4. The minimum atomic E-state index is -2.74. The van der Waals surface area contributed by atoms with Gasteiger partial charge in [0, 0.05) is 5.56 Å². The second kappa shape index (κ2) is 7.86. The van der Waals surface area contributed by atoms with Gasteiger partial charge < -0.3 is 5.32 Å². The van der Waals surface area contributed by atoms with E-state index in [-0.39, 0.29) is 11.7 Å². The molecular weight excluding hydrogens is 401 g/mol. The van der Waals surface area contributed by atoms with Crippen LogP contribution >= 0.6 is 6.89 Å². The van der Waals surface area contributed by atoms with Crippen LogP contribution in [0.3, 0.4) is 0 Å². The van der Waals surface area contributed by atoms with Crippen LogP contribution in [0, 0.1) is 0 Å². The zero-order valence-corrected chi connectivity index (χ0v) is 17.6. The van der Waals surface area contributed by atoms with Gasteiger partial charge in [-0.1, -0.05) is 103 Å². The van der Waals surface area contributed by atoms with Crippen molar-refractivity contribution >= 4 is 45.5 Å². The lowest BCUT2D eigenvalue weighted by Gasteiger charge is -2.33. The van der Waals surface area contributed by atoms with Gasteiger partial charge in [-0.25, -0.2) is 0 Å². The molecule has 0 saturated heterocycles. The Morgan fingerprint density at radius 1 is 0.516 bits per heavy atom. The number of hydrogen-bond donors (Lipinski definition) is 1. The molecule has 1 heterocycles. The minimum Gasteiger partial charge on any atom is -0.321 e. The average Bonchev–Trinajstić information content (AvgIpc) is 2.83. The van der Waals surface area contributed by atoms with Gasteiger partial charge in [-0.3, -0.25) is 9.59 Å². The molecule has 3 nitrogen and oxygen atoms in total. The van der Waals surface area contributed by atoms with Gasteiger partial charge in [0.1, 0.15) is 0 Å². The number of amides is 1. The van der Waals surface area contributed by atoms with Crippen molar-refractivity contribution in [3.8, 4) is 0 Å². The summed E-state index contributed by atoms with van der Waals surface area (Å²) in [5, 5.41) is 6.23. The summed E-state index contributed by atoms with van der Waals surface area (Å²) in [6.07, 6.45) is 0. The summed E-state index contributed by atoms with van der Waals surface area (Å²) in [7, 11) is 0. The molecule has 0 saturated carbocycles. The van der Waals surface area contributed by atoms with Crippen LogP contribution in [0.5, 0.6) is 0 Å². The highest BCUT2D eigenvalue weighted by Crippen LogP contribution is 2.48. The number of hydrogen-bond acceptors (Lipinski definition) is 2. The van der Waals surface area contributed by atoms with Crippen molar-refractivity contribution < 1.29 is 9.59 Å². The molecule has 1 aliphatic rings. The molecule has 150 valence electrons. The molecule has 5 rings (SSSR count). The second-order valence-electron chi connectivity index (χ2n) is 7.35. The van der Waals surface area contributed by atoms with Crippen molar-refractivity contribution in [1.29, 1.82) is 0 Å². The molecule has 1 amide bonds. The quantitative estimate of drug-likeness (QED) is 0.509. The Morgan fingerprint density at radius 2 is 0.935 bits per heavy atom. The zero-order valence-electron chi connectivity index (χ0n) is 16.7. The Balaban J connectivity index is 2.01.